The van der Waals surface area contributed by atoms with Crippen LogP contribution in [-0.4, -0.2) is 33.0 Å². The molecular weight excluding hydrogens is 352 g/mol. The topological polar surface area (TPSA) is 101 Å². The fourth-order valence-electron chi connectivity index (χ4n) is 3.60. The second kappa shape index (κ2) is 6.42. The molecule has 4 rings (SSSR count). The lowest BCUT2D eigenvalue weighted by molar-refractivity contribution is 0.0702. The number of carboxylic acids is 1. The molecule has 3 aromatic rings. The van der Waals surface area contributed by atoms with E-state index in [1.807, 2.05) is 0 Å². The van der Waals surface area contributed by atoms with Gasteiger partial charge in [-0.3, -0.25) is 0 Å². The Kier molecular flexibility index (Phi) is 4.09. The number of pyridine rings is 1. The van der Waals surface area contributed by atoms with Crippen molar-refractivity contribution >= 4 is 28.2 Å². The molecule has 1 aliphatic rings. The van der Waals surface area contributed by atoms with Gasteiger partial charge >= 0.3 is 5.97 Å². The zero-order valence-corrected chi connectivity index (χ0v) is 14.9. The van der Waals surface area contributed by atoms with Gasteiger partial charge in [0.2, 0.25) is 5.88 Å². The molecule has 0 unspecified atom stereocenters. The van der Waals surface area contributed by atoms with Crippen LogP contribution in [0.1, 0.15) is 52.5 Å². The highest BCUT2D eigenvalue weighted by molar-refractivity contribution is 7.12. The number of hydrogen-bond acceptors (Lipinski definition) is 6. The SMILES string of the molecule is COc1ncc(C#N)c2c(C3CCCC3)nn(-c3csc(C(=O)O)c3)c12. The zero-order chi connectivity index (χ0) is 18.3. The predicted octanol–water partition coefficient (Wildman–Crippen LogP) is 3.72. The first-order chi connectivity index (χ1) is 12.6. The van der Waals surface area contributed by atoms with Gasteiger partial charge in [-0.15, -0.1) is 11.3 Å². The molecule has 3 aromatic heterocycles. The normalized spacial score (nSPS) is 14.6. The molecule has 0 radical (unpaired) electrons. The largest absolute Gasteiger partial charge is 0.479 e. The van der Waals surface area contributed by atoms with Gasteiger partial charge in [-0.1, -0.05) is 12.8 Å². The van der Waals surface area contributed by atoms with Gasteiger partial charge in [0.05, 0.1) is 24.1 Å². The van der Waals surface area contributed by atoms with Crippen LogP contribution < -0.4 is 4.74 Å². The Labute approximate surface area is 153 Å². The summed E-state index contributed by atoms with van der Waals surface area (Å²) < 4.78 is 7.09. The number of methoxy groups -OCH3 is 1. The number of nitriles is 1. The number of ether oxygens (including phenoxy) is 1. The Balaban J connectivity index is 2.02. The summed E-state index contributed by atoms with van der Waals surface area (Å²) in [6, 6.07) is 3.79. The van der Waals surface area contributed by atoms with E-state index in [2.05, 4.69) is 11.1 Å². The molecule has 7 nitrogen and oxygen atoms in total. The first kappa shape index (κ1) is 16.5. The van der Waals surface area contributed by atoms with E-state index in [4.69, 9.17) is 9.84 Å². The smallest absolute Gasteiger partial charge is 0.345 e. The van der Waals surface area contributed by atoms with Gasteiger partial charge in [0.25, 0.3) is 0 Å². The van der Waals surface area contributed by atoms with Gasteiger partial charge in [-0.25, -0.2) is 14.5 Å². The second-order valence-electron chi connectivity index (χ2n) is 6.27. The quantitative estimate of drug-likeness (QED) is 0.753. The second-order valence-corrected chi connectivity index (χ2v) is 7.18. The average molecular weight is 368 g/mol. The van der Waals surface area contributed by atoms with Crippen molar-refractivity contribution in [1.82, 2.24) is 14.8 Å². The third-order valence-electron chi connectivity index (χ3n) is 4.79. The third kappa shape index (κ3) is 2.52. The van der Waals surface area contributed by atoms with Crippen molar-refractivity contribution in [1.29, 1.82) is 5.26 Å². The molecule has 0 amide bonds. The van der Waals surface area contributed by atoms with E-state index >= 15 is 0 Å². The Bertz CT molecular complexity index is 1040. The summed E-state index contributed by atoms with van der Waals surface area (Å²) in [5.74, 6) is -0.314. The molecule has 26 heavy (non-hydrogen) atoms. The van der Waals surface area contributed by atoms with Crippen molar-refractivity contribution in [3.05, 3.63) is 33.8 Å². The number of carbonyl (C=O) groups is 1. The Morgan fingerprint density at radius 3 is 2.85 bits per heavy atom. The average Bonchev–Trinajstić information content (AvgIpc) is 3.38. The highest BCUT2D eigenvalue weighted by Gasteiger charge is 2.28. The van der Waals surface area contributed by atoms with Gasteiger partial charge in [0, 0.05) is 22.9 Å². The van der Waals surface area contributed by atoms with Crippen molar-refractivity contribution in [2.24, 2.45) is 0 Å². The number of fused-ring (bicyclic) bond motifs is 1. The predicted molar refractivity (Wildman–Crippen MR) is 96.2 cm³/mol. The van der Waals surface area contributed by atoms with Crippen LogP contribution in [0.5, 0.6) is 5.88 Å². The number of hydrogen-bond donors (Lipinski definition) is 1. The molecule has 0 saturated heterocycles. The van der Waals surface area contributed by atoms with Crippen molar-refractivity contribution in [2.75, 3.05) is 7.11 Å². The van der Waals surface area contributed by atoms with Gasteiger partial charge in [-0.05, 0) is 18.9 Å². The molecule has 3 heterocycles. The molecule has 1 saturated carbocycles. The number of aromatic carboxylic acids is 1. The van der Waals surface area contributed by atoms with Gasteiger partial charge in [-0.2, -0.15) is 10.4 Å². The number of thiophene rings is 1. The maximum atomic E-state index is 11.2. The first-order valence-corrected chi connectivity index (χ1v) is 9.20. The Morgan fingerprint density at radius 1 is 1.46 bits per heavy atom. The van der Waals surface area contributed by atoms with E-state index in [9.17, 15) is 15.2 Å². The minimum absolute atomic E-state index is 0.231. The molecule has 0 atom stereocenters. The lowest BCUT2D eigenvalue weighted by Crippen LogP contribution is -2.00. The fourth-order valence-corrected chi connectivity index (χ4v) is 4.31. The highest BCUT2D eigenvalue weighted by atomic mass is 32.1. The van der Waals surface area contributed by atoms with Crippen LogP contribution in [0.2, 0.25) is 0 Å². The van der Waals surface area contributed by atoms with E-state index in [1.54, 1.807) is 16.1 Å². The van der Waals surface area contributed by atoms with Crippen molar-refractivity contribution in [3.63, 3.8) is 0 Å². The van der Waals surface area contributed by atoms with Crippen LogP contribution in [0, 0.1) is 11.3 Å². The van der Waals surface area contributed by atoms with E-state index in [0.717, 1.165) is 48.1 Å². The molecule has 132 valence electrons. The van der Waals surface area contributed by atoms with Crippen LogP contribution in [0.15, 0.2) is 17.6 Å². The fraction of sp³-hybridized carbons (Fsp3) is 0.333. The summed E-state index contributed by atoms with van der Waals surface area (Å²) in [6.45, 7) is 0. The lowest BCUT2D eigenvalue weighted by atomic mass is 9.99. The molecule has 1 N–H and O–H groups in total. The first-order valence-electron chi connectivity index (χ1n) is 8.32. The number of carboxylic acid groups (broad SMARTS) is 1. The standard InChI is InChI=1S/C18H16N4O3S/c1-25-17-16-14(11(7-19)8-20-17)15(10-4-2-3-5-10)21-22(16)12-6-13(18(23)24)26-9-12/h6,8-10H,2-5H2,1H3,(H,23,24). The van der Waals surface area contributed by atoms with Crippen LogP contribution in [-0.2, 0) is 0 Å². The highest BCUT2D eigenvalue weighted by Crippen LogP contribution is 2.41. The molecule has 1 aliphatic carbocycles. The van der Waals surface area contributed by atoms with E-state index in [1.165, 1.54) is 13.3 Å². The van der Waals surface area contributed by atoms with Crippen LogP contribution in [0.4, 0.5) is 0 Å². The van der Waals surface area contributed by atoms with Gasteiger partial charge in [0.1, 0.15) is 16.5 Å². The molecule has 0 spiro atoms. The van der Waals surface area contributed by atoms with Crippen LogP contribution in [0.25, 0.3) is 16.6 Å². The summed E-state index contributed by atoms with van der Waals surface area (Å²) in [6.07, 6.45) is 5.87. The summed E-state index contributed by atoms with van der Waals surface area (Å²) in [4.78, 5) is 15.7. The summed E-state index contributed by atoms with van der Waals surface area (Å²) in [7, 11) is 1.52. The van der Waals surface area contributed by atoms with Crippen LogP contribution >= 0.6 is 11.3 Å². The van der Waals surface area contributed by atoms with E-state index < -0.39 is 5.97 Å². The van der Waals surface area contributed by atoms with Crippen molar-refractivity contribution in [2.45, 2.75) is 31.6 Å². The third-order valence-corrected chi connectivity index (χ3v) is 5.70. The molecule has 0 aromatic carbocycles. The van der Waals surface area contributed by atoms with Crippen molar-refractivity contribution in [3.8, 4) is 17.6 Å². The van der Waals surface area contributed by atoms with E-state index in [0.29, 0.717) is 22.6 Å². The van der Waals surface area contributed by atoms with Gasteiger partial charge < -0.3 is 9.84 Å². The minimum Gasteiger partial charge on any atom is -0.479 e. The summed E-state index contributed by atoms with van der Waals surface area (Å²) in [5, 5.41) is 26.1. The van der Waals surface area contributed by atoms with Crippen molar-refractivity contribution < 1.29 is 14.6 Å². The molecular formula is C18H16N4O3S. The number of aromatic nitrogens is 3. The van der Waals surface area contributed by atoms with Crippen LogP contribution in [0.3, 0.4) is 0 Å². The number of nitrogens with zero attached hydrogens (tertiary/aromatic N) is 4. The molecule has 0 bridgehead atoms. The maximum absolute atomic E-state index is 11.2. The number of rotatable bonds is 4. The monoisotopic (exact) mass is 368 g/mol. The summed E-state index contributed by atoms with van der Waals surface area (Å²) >= 11 is 1.14. The lowest BCUT2D eigenvalue weighted by Gasteiger charge is -2.07. The Hall–Kier alpha value is -2.92. The zero-order valence-electron chi connectivity index (χ0n) is 14.1. The Morgan fingerprint density at radius 2 is 2.23 bits per heavy atom. The molecule has 8 heteroatoms. The van der Waals surface area contributed by atoms with E-state index in [-0.39, 0.29) is 10.8 Å². The molecule has 0 aliphatic heterocycles. The van der Waals surface area contributed by atoms with Gasteiger partial charge in [0.15, 0.2) is 0 Å². The summed E-state index contributed by atoms with van der Waals surface area (Å²) in [5.41, 5.74) is 2.58. The minimum atomic E-state index is -0.975. The maximum Gasteiger partial charge on any atom is 0.345 e. The molecule has 1 fully saturated rings.